The van der Waals surface area contributed by atoms with Crippen molar-refractivity contribution in [1.29, 1.82) is 0 Å². The third-order valence-corrected chi connectivity index (χ3v) is 6.92. The Bertz CT molecular complexity index is 1330. The number of hydrogen-bond donors (Lipinski definition) is 1. The zero-order chi connectivity index (χ0) is 22.7. The second-order valence-corrected chi connectivity index (χ2v) is 8.93. The quantitative estimate of drug-likeness (QED) is 0.427. The molecule has 2 heterocycles. The summed E-state index contributed by atoms with van der Waals surface area (Å²) in [5.74, 6) is -1.38. The van der Waals surface area contributed by atoms with Gasteiger partial charge < -0.3 is 9.47 Å². The molecule has 166 valence electrons. The number of ether oxygens (including phenoxy) is 2. The van der Waals surface area contributed by atoms with E-state index in [9.17, 15) is 22.8 Å². The third kappa shape index (κ3) is 4.31. The van der Waals surface area contributed by atoms with Crippen LogP contribution in [0.2, 0.25) is 0 Å². The smallest absolute Gasteiger partial charge is 0.359 e. The van der Waals surface area contributed by atoms with E-state index in [2.05, 4.69) is 10.2 Å². The summed E-state index contributed by atoms with van der Waals surface area (Å²) in [6.07, 6.45) is 0. The molecule has 11 heteroatoms. The number of esters is 1. The lowest BCUT2D eigenvalue weighted by Crippen LogP contribution is -2.40. The monoisotopic (exact) mass is 457 g/mol. The second kappa shape index (κ2) is 8.99. The summed E-state index contributed by atoms with van der Waals surface area (Å²) in [5, 5.41) is 6.55. The van der Waals surface area contributed by atoms with Gasteiger partial charge in [0.1, 0.15) is 0 Å². The summed E-state index contributed by atoms with van der Waals surface area (Å²) in [5.41, 5.74) is -0.363. The van der Waals surface area contributed by atoms with Crippen LogP contribution in [0.15, 0.2) is 58.2 Å². The van der Waals surface area contributed by atoms with Crippen LogP contribution < -0.4 is 5.56 Å². The molecule has 3 aromatic rings. The van der Waals surface area contributed by atoms with Crippen molar-refractivity contribution in [1.82, 2.24) is 14.5 Å². The average Bonchev–Trinajstić information content (AvgIpc) is 2.83. The minimum absolute atomic E-state index is 0.0665. The summed E-state index contributed by atoms with van der Waals surface area (Å²) in [7, 11) is -3.67. The number of Topliss-reactive ketones (excluding diaryl/α,β-unsaturated/α-hetero) is 1. The predicted molar refractivity (Wildman–Crippen MR) is 113 cm³/mol. The summed E-state index contributed by atoms with van der Waals surface area (Å²) in [6, 6.07) is 11.8. The number of hydrogen-bond acceptors (Lipinski definition) is 8. The third-order valence-electron chi connectivity index (χ3n) is 5.01. The molecule has 0 aliphatic carbocycles. The average molecular weight is 457 g/mol. The Kier molecular flexibility index (Phi) is 6.12. The molecular weight excluding hydrogens is 438 g/mol. The largest absolute Gasteiger partial charge is 0.452 e. The van der Waals surface area contributed by atoms with E-state index < -0.39 is 33.9 Å². The molecule has 0 amide bonds. The zero-order valence-electron chi connectivity index (χ0n) is 16.8. The van der Waals surface area contributed by atoms with Gasteiger partial charge in [-0.15, -0.1) is 0 Å². The van der Waals surface area contributed by atoms with Crippen molar-refractivity contribution < 1.29 is 27.5 Å². The van der Waals surface area contributed by atoms with Crippen molar-refractivity contribution in [2.45, 2.75) is 4.90 Å². The fraction of sp³-hybridized carbons (Fsp3) is 0.238. The molecule has 2 aromatic carbocycles. The highest BCUT2D eigenvalue weighted by Gasteiger charge is 2.26. The summed E-state index contributed by atoms with van der Waals surface area (Å²) in [4.78, 5) is 36.7. The van der Waals surface area contributed by atoms with Crippen LogP contribution in [0.3, 0.4) is 0 Å². The van der Waals surface area contributed by atoms with Gasteiger partial charge in [-0.3, -0.25) is 9.59 Å². The van der Waals surface area contributed by atoms with Gasteiger partial charge in [-0.05, 0) is 30.3 Å². The molecule has 4 rings (SSSR count). The molecular formula is C21H19N3O7S. The molecule has 0 radical (unpaired) electrons. The lowest BCUT2D eigenvalue weighted by molar-refractivity contribution is 0.0470. The van der Waals surface area contributed by atoms with Crippen LogP contribution in [0.1, 0.15) is 20.8 Å². The predicted octanol–water partition coefficient (Wildman–Crippen LogP) is 0.984. The van der Waals surface area contributed by atoms with Crippen molar-refractivity contribution >= 4 is 32.5 Å². The Morgan fingerprint density at radius 1 is 1.03 bits per heavy atom. The number of aromatic nitrogens is 2. The van der Waals surface area contributed by atoms with Gasteiger partial charge in [0.05, 0.1) is 23.5 Å². The number of nitrogens with one attached hydrogen (secondary N) is 1. The van der Waals surface area contributed by atoms with Crippen LogP contribution in [0.25, 0.3) is 10.8 Å². The van der Waals surface area contributed by atoms with Gasteiger partial charge in [0.15, 0.2) is 18.1 Å². The highest BCUT2D eigenvalue weighted by atomic mass is 32.2. The van der Waals surface area contributed by atoms with Crippen molar-refractivity contribution in [3.05, 3.63) is 70.1 Å². The van der Waals surface area contributed by atoms with Gasteiger partial charge in [-0.1, -0.05) is 18.2 Å². The van der Waals surface area contributed by atoms with Crippen LogP contribution >= 0.6 is 0 Å². The number of fused-ring (bicyclic) bond motifs is 1. The van der Waals surface area contributed by atoms with Gasteiger partial charge in [0.2, 0.25) is 10.0 Å². The maximum atomic E-state index is 12.7. The number of morpholine rings is 1. The highest BCUT2D eigenvalue weighted by Crippen LogP contribution is 2.18. The zero-order valence-corrected chi connectivity index (χ0v) is 17.6. The molecule has 1 aliphatic heterocycles. The Morgan fingerprint density at radius 3 is 2.38 bits per heavy atom. The number of aromatic amines is 1. The molecule has 1 aromatic heterocycles. The fourth-order valence-electron chi connectivity index (χ4n) is 3.30. The van der Waals surface area contributed by atoms with Crippen LogP contribution in [-0.2, 0) is 19.5 Å². The lowest BCUT2D eigenvalue weighted by atomic mass is 10.1. The minimum atomic E-state index is -3.67. The first-order valence-electron chi connectivity index (χ1n) is 9.73. The number of nitrogens with zero attached hydrogens (tertiary/aromatic N) is 2. The maximum absolute atomic E-state index is 12.7. The number of rotatable bonds is 6. The molecule has 10 nitrogen and oxygen atoms in total. The highest BCUT2D eigenvalue weighted by molar-refractivity contribution is 7.89. The van der Waals surface area contributed by atoms with E-state index in [1.807, 2.05) is 0 Å². The van der Waals surface area contributed by atoms with E-state index in [4.69, 9.17) is 9.47 Å². The first-order chi connectivity index (χ1) is 15.4. The van der Waals surface area contributed by atoms with Crippen molar-refractivity contribution in [2.24, 2.45) is 0 Å². The number of carbonyl (C=O) groups is 2. The number of benzene rings is 2. The first kappa shape index (κ1) is 21.8. The molecule has 1 N–H and O–H groups in total. The Hall–Kier alpha value is -3.41. The molecule has 32 heavy (non-hydrogen) atoms. The van der Waals surface area contributed by atoms with Gasteiger partial charge >= 0.3 is 5.97 Å². The summed E-state index contributed by atoms with van der Waals surface area (Å²) < 4.78 is 36.9. The maximum Gasteiger partial charge on any atom is 0.359 e. The Morgan fingerprint density at radius 2 is 1.69 bits per heavy atom. The molecule has 1 saturated heterocycles. The molecule has 0 bridgehead atoms. The fourth-order valence-corrected chi connectivity index (χ4v) is 4.71. The minimum Gasteiger partial charge on any atom is -0.452 e. The van der Waals surface area contributed by atoms with E-state index in [1.54, 1.807) is 24.3 Å². The van der Waals surface area contributed by atoms with E-state index in [1.165, 1.54) is 28.6 Å². The summed E-state index contributed by atoms with van der Waals surface area (Å²) in [6.45, 7) is 0.642. The molecule has 1 aliphatic rings. The molecule has 0 unspecified atom stereocenters. The van der Waals surface area contributed by atoms with Gasteiger partial charge in [0, 0.05) is 24.0 Å². The number of H-pyrrole nitrogens is 1. The summed E-state index contributed by atoms with van der Waals surface area (Å²) >= 11 is 0. The molecule has 0 spiro atoms. The van der Waals surface area contributed by atoms with Gasteiger partial charge in [-0.2, -0.15) is 9.40 Å². The van der Waals surface area contributed by atoms with Crippen molar-refractivity contribution in [3.8, 4) is 0 Å². The van der Waals surface area contributed by atoms with Crippen LogP contribution in [0, 0.1) is 0 Å². The van der Waals surface area contributed by atoms with Crippen molar-refractivity contribution in [3.63, 3.8) is 0 Å². The number of sulfonamides is 1. The first-order valence-corrected chi connectivity index (χ1v) is 11.2. The second-order valence-electron chi connectivity index (χ2n) is 6.99. The molecule has 0 atom stereocenters. The van der Waals surface area contributed by atoms with Crippen LogP contribution in [0.4, 0.5) is 0 Å². The van der Waals surface area contributed by atoms with E-state index >= 15 is 0 Å². The number of ketones is 1. The standard InChI is InChI=1S/C21H19N3O7S/c25-18(13-31-21(27)19-16-3-1-2-4-17(16)20(26)23-22-19)14-5-7-15(8-6-14)32(28,29)24-9-11-30-12-10-24/h1-8H,9-13H2,(H,23,26). The van der Waals surface area contributed by atoms with Crippen LogP contribution in [-0.4, -0.2) is 67.6 Å². The van der Waals surface area contributed by atoms with E-state index in [0.717, 1.165) is 0 Å². The Labute approximate surface area is 182 Å². The Balaban J connectivity index is 1.44. The van der Waals surface area contributed by atoms with E-state index in [-0.39, 0.29) is 34.6 Å². The number of carbonyl (C=O) groups excluding carboxylic acids is 2. The van der Waals surface area contributed by atoms with Gasteiger partial charge in [-0.25, -0.2) is 18.3 Å². The van der Waals surface area contributed by atoms with Crippen LogP contribution in [0.5, 0.6) is 0 Å². The normalized spacial score (nSPS) is 14.9. The van der Waals surface area contributed by atoms with E-state index in [0.29, 0.717) is 18.6 Å². The topological polar surface area (TPSA) is 136 Å². The SMILES string of the molecule is O=C(COC(=O)c1n[nH]c(=O)c2ccccc12)c1ccc(S(=O)(=O)N2CCOCC2)cc1. The van der Waals surface area contributed by atoms with Crippen molar-refractivity contribution in [2.75, 3.05) is 32.9 Å². The molecule has 0 saturated carbocycles. The lowest BCUT2D eigenvalue weighted by Gasteiger charge is -2.26. The molecule has 1 fully saturated rings. The van der Waals surface area contributed by atoms with Gasteiger partial charge in [0.25, 0.3) is 5.56 Å².